The van der Waals surface area contributed by atoms with Crippen molar-refractivity contribution in [1.29, 1.82) is 0 Å². The first kappa shape index (κ1) is 18.7. The molecule has 7 heteroatoms. The highest BCUT2D eigenvalue weighted by Gasteiger charge is 2.25. The van der Waals surface area contributed by atoms with Gasteiger partial charge in [-0.05, 0) is 37.3 Å². The summed E-state index contributed by atoms with van der Waals surface area (Å²) in [5.41, 5.74) is 7.61. The first-order valence-corrected chi connectivity index (χ1v) is 10.2. The van der Waals surface area contributed by atoms with Crippen molar-refractivity contribution in [3.05, 3.63) is 29.8 Å². The summed E-state index contributed by atoms with van der Waals surface area (Å²) in [6, 6.07) is 7.52. The quantitative estimate of drug-likeness (QED) is 0.727. The number of nitrogens with zero attached hydrogens (tertiary/aromatic N) is 1. The summed E-state index contributed by atoms with van der Waals surface area (Å²) < 4.78 is 26.3. The van der Waals surface area contributed by atoms with Crippen molar-refractivity contribution >= 4 is 21.6 Å². The van der Waals surface area contributed by atoms with Crippen molar-refractivity contribution < 1.29 is 13.2 Å². The van der Waals surface area contributed by atoms with Crippen LogP contribution in [0.25, 0.3) is 0 Å². The summed E-state index contributed by atoms with van der Waals surface area (Å²) in [6.07, 6.45) is 3.01. The van der Waals surface area contributed by atoms with Gasteiger partial charge in [0.15, 0.2) is 0 Å². The van der Waals surface area contributed by atoms with Crippen molar-refractivity contribution in [3.8, 4) is 0 Å². The molecule has 1 heterocycles. The number of piperidine rings is 1. The summed E-state index contributed by atoms with van der Waals surface area (Å²) in [5, 5.41) is 0. The van der Waals surface area contributed by atoms with Gasteiger partial charge in [-0.1, -0.05) is 25.1 Å². The average Bonchev–Trinajstić information content (AvgIpc) is 2.54. The smallest absolute Gasteiger partial charge is 0.222 e. The second-order valence-electron chi connectivity index (χ2n) is 6.29. The molecule has 0 aromatic heterocycles. The minimum atomic E-state index is -3.19. The second kappa shape index (κ2) is 8.48. The Hall–Kier alpha value is -1.60. The molecule has 0 radical (unpaired) electrons. The monoisotopic (exact) mass is 353 g/mol. The van der Waals surface area contributed by atoms with Gasteiger partial charge in [-0.15, -0.1) is 0 Å². The first-order valence-electron chi connectivity index (χ1n) is 8.52. The number of benzene rings is 1. The topological polar surface area (TPSA) is 92.5 Å². The number of amides is 1. The molecule has 1 aromatic carbocycles. The third kappa shape index (κ3) is 5.49. The number of likely N-dealkylation sites (tertiary alicyclic amines) is 1. The third-order valence-electron chi connectivity index (χ3n) is 4.33. The minimum Gasteiger partial charge on any atom is -0.399 e. The maximum Gasteiger partial charge on any atom is 0.222 e. The van der Waals surface area contributed by atoms with Crippen LogP contribution in [0.5, 0.6) is 0 Å². The van der Waals surface area contributed by atoms with E-state index in [9.17, 15) is 13.2 Å². The lowest BCUT2D eigenvalue weighted by atomic mass is 10.0. The maximum atomic E-state index is 12.3. The molecule has 3 N–H and O–H groups in total. The number of anilines is 1. The normalized spacial score (nSPS) is 16.3. The van der Waals surface area contributed by atoms with Crippen molar-refractivity contribution in [1.82, 2.24) is 9.62 Å². The number of nitrogens with two attached hydrogens (primary N) is 1. The number of carbonyl (C=O) groups excluding carboxylic acids is 1. The number of nitrogen functional groups attached to an aromatic ring is 1. The molecule has 1 saturated heterocycles. The first-order chi connectivity index (χ1) is 11.4. The molecule has 1 aromatic rings. The molecule has 6 nitrogen and oxygen atoms in total. The van der Waals surface area contributed by atoms with E-state index in [0.717, 1.165) is 5.56 Å². The zero-order valence-electron chi connectivity index (χ0n) is 14.2. The Labute approximate surface area is 144 Å². The van der Waals surface area contributed by atoms with Crippen LogP contribution in [-0.2, 0) is 21.2 Å². The van der Waals surface area contributed by atoms with Crippen molar-refractivity contribution in [2.75, 3.05) is 24.6 Å². The zero-order chi connectivity index (χ0) is 17.6. The lowest BCUT2D eigenvalue weighted by Crippen LogP contribution is -2.47. The van der Waals surface area contributed by atoms with Gasteiger partial charge in [0.1, 0.15) is 0 Å². The summed E-state index contributed by atoms with van der Waals surface area (Å²) in [6.45, 7) is 3.05. The Kier molecular flexibility index (Phi) is 6.62. The van der Waals surface area contributed by atoms with Crippen LogP contribution in [0.4, 0.5) is 5.69 Å². The Morgan fingerprint density at radius 3 is 2.58 bits per heavy atom. The van der Waals surface area contributed by atoms with Crippen LogP contribution in [0.15, 0.2) is 24.3 Å². The van der Waals surface area contributed by atoms with Gasteiger partial charge in [0.05, 0.1) is 5.75 Å². The van der Waals surface area contributed by atoms with Gasteiger partial charge in [0.2, 0.25) is 15.9 Å². The van der Waals surface area contributed by atoms with E-state index in [0.29, 0.717) is 50.9 Å². The van der Waals surface area contributed by atoms with E-state index in [2.05, 4.69) is 4.72 Å². The lowest BCUT2D eigenvalue weighted by molar-refractivity contribution is -0.132. The highest BCUT2D eigenvalue weighted by molar-refractivity contribution is 7.89. The maximum absolute atomic E-state index is 12.3. The summed E-state index contributed by atoms with van der Waals surface area (Å²) >= 11 is 0. The van der Waals surface area contributed by atoms with Crippen LogP contribution >= 0.6 is 0 Å². The van der Waals surface area contributed by atoms with Gasteiger partial charge in [-0.25, -0.2) is 13.1 Å². The number of aryl methyl sites for hydroxylation is 1. The molecule has 1 fully saturated rings. The van der Waals surface area contributed by atoms with Crippen LogP contribution in [0.2, 0.25) is 0 Å². The zero-order valence-corrected chi connectivity index (χ0v) is 15.0. The number of rotatable bonds is 7. The SMILES string of the molecule is CCCS(=O)(=O)NC1CCN(C(=O)CCc2ccccc2N)CC1. The van der Waals surface area contributed by atoms with E-state index in [1.165, 1.54) is 0 Å². The number of nitrogens with one attached hydrogen (secondary N) is 1. The summed E-state index contributed by atoms with van der Waals surface area (Å²) in [4.78, 5) is 14.1. The fourth-order valence-corrected chi connectivity index (χ4v) is 4.39. The van der Waals surface area contributed by atoms with Gasteiger partial charge in [0.25, 0.3) is 0 Å². The molecular formula is C17H27N3O3S. The molecule has 0 spiro atoms. The molecule has 1 amide bonds. The van der Waals surface area contributed by atoms with E-state index in [-0.39, 0.29) is 17.7 Å². The largest absolute Gasteiger partial charge is 0.399 e. The Morgan fingerprint density at radius 1 is 1.29 bits per heavy atom. The number of para-hydroxylation sites is 1. The Bertz CT molecular complexity index is 653. The van der Waals surface area contributed by atoms with Crippen molar-refractivity contribution in [2.45, 2.75) is 45.1 Å². The number of carbonyl (C=O) groups is 1. The molecule has 0 saturated carbocycles. The highest BCUT2D eigenvalue weighted by atomic mass is 32.2. The van der Waals surface area contributed by atoms with E-state index in [4.69, 9.17) is 5.73 Å². The number of sulfonamides is 1. The molecular weight excluding hydrogens is 326 g/mol. The fourth-order valence-electron chi connectivity index (χ4n) is 2.99. The van der Waals surface area contributed by atoms with Crippen molar-refractivity contribution in [2.24, 2.45) is 0 Å². The van der Waals surface area contributed by atoms with Gasteiger partial charge >= 0.3 is 0 Å². The average molecular weight is 353 g/mol. The van der Waals surface area contributed by atoms with Gasteiger partial charge in [-0.3, -0.25) is 4.79 Å². The Morgan fingerprint density at radius 2 is 1.96 bits per heavy atom. The molecule has 134 valence electrons. The predicted molar refractivity (Wildman–Crippen MR) is 96.0 cm³/mol. The van der Waals surface area contributed by atoms with E-state index in [1.54, 1.807) is 0 Å². The molecule has 0 unspecified atom stereocenters. The predicted octanol–water partition coefficient (Wildman–Crippen LogP) is 1.52. The Balaban J connectivity index is 1.77. The number of hydrogen-bond acceptors (Lipinski definition) is 4. The molecule has 2 rings (SSSR count). The molecule has 0 bridgehead atoms. The van der Waals surface area contributed by atoms with Gasteiger partial charge in [0, 0.05) is 31.2 Å². The lowest BCUT2D eigenvalue weighted by Gasteiger charge is -2.32. The van der Waals surface area contributed by atoms with Gasteiger partial charge in [-0.2, -0.15) is 0 Å². The van der Waals surface area contributed by atoms with Crippen molar-refractivity contribution in [3.63, 3.8) is 0 Å². The summed E-state index contributed by atoms with van der Waals surface area (Å²) in [5.74, 6) is 0.262. The highest BCUT2D eigenvalue weighted by Crippen LogP contribution is 2.16. The molecule has 24 heavy (non-hydrogen) atoms. The third-order valence-corrected chi connectivity index (χ3v) is 5.97. The van der Waals surface area contributed by atoms with E-state index >= 15 is 0 Å². The van der Waals surface area contributed by atoms with Crippen LogP contribution in [0.1, 0.15) is 38.2 Å². The molecule has 1 aliphatic heterocycles. The molecule has 1 aliphatic rings. The molecule has 0 atom stereocenters. The van der Waals surface area contributed by atoms with Crippen LogP contribution in [0, 0.1) is 0 Å². The van der Waals surface area contributed by atoms with E-state index in [1.807, 2.05) is 36.1 Å². The van der Waals surface area contributed by atoms with E-state index < -0.39 is 10.0 Å². The molecule has 0 aliphatic carbocycles. The van der Waals surface area contributed by atoms with Crippen LogP contribution < -0.4 is 10.5 Å². The van der Waals surface area contributed by atoms with Crippen LogP contribution in [-0.4, -0.2) is 44.1 Å². The summed E-state index contributed by atoms with van der Waals surface area (Å²) in [7, 11) is -3.19. The van der Waals surface area contributed by atoms with Gasteiger partial charge < -0.3 is 10.6 Å². The fraction of sp³-hybridized carbons (Fsp3) is 0.588. The standard InChI is InChI=1S/C17H27N3O3S/c1-2-13-24(22,23)19-15-9-11-20(12-10-15)17(21)8-7-14-5-3-4-6-16(14)18/h3-6,15,19H,2,7-13,18H2,1H3. The minimum absolute atomic E-state index is 0.0598. The second-order valence-corrected chi connectivity index (χ2v) is 8.16. The van der Waals surface area contributed by atoms with Crippen LogP contribution in [0.3, 0.4) is 0 Å². The number of hydrogen-bond donors (Lipinski definition) is 2.